The van der Waals surface area contributed by atoms with Gasteiger partial charge in [-0.25, -0.2) is 14.4 Å². The lowest BCUT2D eigenvalue weighted by Gasteiger charge is -2.34. The second-order valence-corrected chi connectivity index (χ2v) is 6.65. The van der Waals surface area contributed by atoms with Crippen LogP contribution in [-0.2, 0) is 6.54 Å². The molecule has 0 amide bonds. The molecule has 0 spiro atoms. The molecule has 1 saturated heterocycles. The Morgan fingerprint density at radius 1 is 1.16 bits per heavy atom. The lowest BCUT2D eigenvalue weighted by molar-refractivity contribution is 0.0563. The van der Waals surface area contributed by atoms with Gasteiger partial charge in [0.25, 0.3) is 0 Å². The highest BCUT2D eigenvalue weighted by molar-refractivity contribution is 5.30. The van der Waals surface area contributed by atoms with Crippen LogP contribution in [0.15, 0.2) is 48.9 Å². The summed E-state index contributed by atoms with van der Waals surface area (Å²) in [5.74, 6) is 0.665. The Morgan fingerprint density at radius 3 is 2.68 bits per heavy atom. The molecule has 25 heavy (non-hydrogen) atoms. The van der Waals surface area contributed by atoms with E-state index in [2.05, 4.69) is 14.9 Å². The van der Waals surface area contributed by atoms with Crippen molar-refractivity contribution in [1.82, 2.24) is 19.3 Å². The van der Waals surface area contributed by atoms with Gasteiger partial charge in [-0.3, -0.25) is 9.30 Å². The number of fused-ring (bicyclic) bond motifs is 1. The summed E-state index contributed by atoms with van der Waals surface area (Å²) in [6.07, 6.45) is 6.93. The fourth-order valence-corrected chi connectivity index (χ4v) is 3.58. The van der Waals surface area contributed by atoms with Gasteiger partial charge >= 0.3 is 0 Å². The molecule has 1 aliphatic rings. The molecule has 0 bridgehead atoms. The normalized spacial score (nSPS) is 17.8. The number of nitrogens with zero attached hydrogens (tertiary/aromatic N) is 4. The molecule has 3 heterocycles. The molecule has 130 valence electrons. The Balaban J connectivity index is 1.37. The molecule has 2 aromatic heterocycles. The average molecular weight is 340 g/mol. The summed E-state index contributed by atoms with van der Waals surface area (Å²) in [7, 11) is 0. The van der Waals surface area contributed by atoms with Gasteiger partial charge in [0.15, 0.2) is 0 Å². The topological polar surface area (TPSA) is 53.7 Å². The SMILES string of the molecule is OC(c1ccc(F)cc1)C1CCN(Cc2cnc3ncccn23)CC1. The van der Waals surface area contributed by atoms with Crippen molar-refractivity contribution in [2.75, 3.05) is 13.1 Å². The highest BCUT2D eigenvalue weighted by Gasteiger charge is 2.26. The molecule has 0 aliphatic carbocycles. The first kappa shape index (κ1) is 16.2. The number of hydrogen-bond acceptors (Lipinski definition) is 4. The van der Waals surface area contributed by atoms with Gasteiger partial charge in [0.2, 0.25) is 5.78 Å². The number of aliphatic hydroxyl groups excluding tert-OH is 1. The molecule has 1 atom stereocenters. The second-order valence-electron chi connectivity index (χ2n) is 6.65. The third-order valence-corrected chi connectivity index (χ3v) is 5.04. The van der Waals surface area contributed by atoms with E-state index in [1.807, 2.05) is 22.9 Å². The van der Waals surface area contributed by atoms with Crippen LogP contribution in [0, 0.1) is 11.7 Å². The quantitative estimate of drug-likeness (QED) is 0.793. The molecule has 6 heteroatoms. The molecule has 1 fully saturated rings. The minimum Gasteiger partial charge on any atom is -0.388 e. The van der Waals surface area contributed by atoms with Crippen molar-refractivity contribution in [3.63, 3.8) is 0 Å². The molecule has 1 unspecified atom stereocenters. The lowest BCUT2D eigenvalue weighted by Crippen LogP contribution is -2.35. The van der Waals surface area contributed by atoms with Crippen LogP contribution in [0.3, 0.4) is 0 Å². The first-order valence-electron chi connectivity index (χ1n) is 8.63. The summed E-state index contributed by atoms with van der Waals surface area (Å²) >= 11 is 0. The summed E-state index contributed by atoms with van der Waals surface area (Å²) in [5, 5.41) is 10.6. The Bertz CT molecular complexity index is 840. The van der Waals surface area contributed by atoms with Crippen molar-refractivity contribution in [3.8, 4) is 0 Å². The predicted molar refractivity (Wildman–Crippen MR) is 92.3 cm³/mol. The van der Waals surface area contributed by atoms with Crippen molar-refractivity contribution < 1.29 is 9.50 Å². The van der Waals surface area contributed by atoms with Crippen molar-refractivity contribution in [1.29, 1.82) is 0 Å². The van der Waals surface area contributed by atoms with Crippen LogP contribution in [0.5, 0.6) is 0 Å². The van der Waals surface area contributed by atoms with Gasteiger partial charge in [0.1, 0.15) is 5.82 Å². The van der Waals surface area contributed by atoms with E-state index in [1.165, 1.54) is 12.1 Å². The van der Waals surface area contributed by atoms with Gasteiger partial charge < -0.3 is 5.11 Å². The lowest BCUT2D eigenvalue weighted by atomic mass is 9.87. The van der Waals surface area contributed by atoms with Crippen LogP contribution < -0.4 is 0 Å². The van der Waals surface area contributed by atoms with E-state index in [0.29, 0.717) is 0 Å². The number of piperidine rings is 1. The maximum absolute atomic E-state index is 13.0. The first-order chi connectivity index (χ1) is 12.2. The highest BCUT2D eigenvalue weighted by atomic mass is 19.1. The maximum Gasteiger partial charge on any atom is 0.233 e. The largest absolute Gasteiger partial charge is 0.388 e. The van der Waals surface area contributed by atoms with E-state index < -0.39 is 6.10 Å². The molecule has 1 N–H and O–H groups in total. The highest BCUT2D eigenvalue weighted by Crippen LogP contribution is 2.31. The number of imidazole rings is 1. The predicted octanol–water partition coefficient (Wildman–Crippen LogP) is 2.81. The standard InChI is InChI=1S/C19H21FN4O/c20-16-4-2-14(3-5-16)18(25)15-6-10-23(11-7-15)13-17-12-22-19-21-8-1-9-24(17)19/h1-5,8-9,12,15,18,25H,6-7,10-11,13H2. The van der Waals surface area contributed by atoms with Crippen LogP contribution in [0.25, 0.3) is 5.78 Å². The molecule has 1 aliphatic heterocycles. The van der Waals surface area contributed by atoms with E-state index in [4.69, 9.17) is 0 Å². The van der Waals surface area contributed by atoms with Crippen molar-refractivity contribution in [2.24, 2.45) is 5.92 Å². The first-order valence-corrected chi connectivity index (χ1v) is 8.63. The molecule has 0 saturated carbocycles. The zero-order chi connectivity index (χ0) is 17.2. The fourth-order valence-electron chi connectivity index (χ4n) is 3.58. The van der Waals surface area contributed by atoms with Crippen LogP contribution in [-0.4, -0.2) is 37.5 Å². The van der Waals surface area contributed by atoms with E-state index in [1.54, 1.807) is 18.3 Å². The van der Waals surface area contributed by atoms with Gasteiger partial charge in [-0.2, -0.15) is 0 Å². The van der Waals surface area contributed by atoms with Crippen LogP contribution in [0.2, 0.25) is 0 Å². The fraction of sp³-hybridized carbons (Fsp3) is 0.368. The van der Waals surface area contributed by atoms with Gasteiger partial charge in [-0.1, -0.05) is 12.1 Å². The number of rotatable bonds is 4. The number of aliphatic hydroxyl groups is 1. The molecule has 3 aromatic rings. The number of aromatic nitrogens is 3. The average Bonchev–Trinajstić information content (AvgIpc) is 3.06. The third kappa shape index (κ3) is 3.41. The van der Waals surface area contributed by atoms with E-state index in [-0.39, 0.29) is 11.7 Å². The third-order valence-electron chi connectivity index (χ3n) is 5.04. The molecule has 4 rings (SSSR count). The molecular weight excluding hydrogens is 319 g/mol. The smallest absolute Gasteiger partial charge is 0.233 e. The minimum absolute atomic E-state index is 0.213. The zero-order valence-corrected chi connectivity index (χ0v) is 13.9. The van der Waals surface area contributed by atoms with Gasteiger partial charge in [0, 0.05) is 18.9 Å². The summed E-state index contributed by atoms with van der Waals surface area (Å²) < 4.78 is 15.0. The molecular formula is C19H21FN4O. The van der Waals surface area contributed by atoms with Crippen LogP contribution >= 0.6 is 0 Å². The number of hydrogen-bond donors (Lipinski definition) is 1. The monoisotopic (exact) mass is 340 g/mol. The second kappa shape index (κ2) is 6.90. The summed E-state index contributed by atoms with van der Waals surface area (Å²) in [6, 6.07) is 8.08. The van der Waals surface area contributed by atoms with Gasteiger partial charge in [-0.05, 0) is 55.6 Å². The number of benzene rings is 1. The summed E-state index contributed by atoms with van der Waals surface area (Å²) in [6.45, 7) is 2.68. The Morgan fingerprint density at radius 2 is 1.92 bits per heavy atom. The Labute approximate surface area is 145 Å². The van der Waals surface area contributed by atoms with E-state index >= 15 is 0 Å². The number of likely N-dealkylation sites (tertiary alicyclic amines) is 1. The zero-order valence-electron chi connectivity index (χ0n) is 13.9. The number of halogens is 1. The van der Waals surface area contributed by atoms with E-state index in [9.17, 15) is 9.50 Å². The Kier molecular flexibility index (Phi) is 4.46. The van der Waals surface area contributed by atoms with Crippen molar-refractivity contribution in [2.45, 2.75) is 25.5 Å². The molecule has 0 radical (unpaired) electrons. The van der Waals surface area contributed by atoms with Gasteiger partial charge in [0.05, 0.1) is 18.0 Å². The van der Waals surface area contributed by atoms with Crippen LogP contribution in [0.1, 0.15) is 30.2 Å². The van der Waals surface area contributed by atoms with Crippen LogP contribution in [0.4, 0.5) is 4.39 Å². The Hall–Kier alpha value is -2.31. The van der Waals surface area contributed by atoms with E-state index in [0.717, 1.165) is 49.5 Å². The van der Waals surface area contributed by atoms with Crippen molar-refractivity contribution >= 4 is 5.78 Å². The maximum atomic E-state index is 13.0. The molecule has 1 aromatic carbocycles. The molecule has 5 nitrogen and oxygen atoms in total. The summed E-state index contributed by atoms with van der Waals surface area (Å²) in [4.78, 5) is 11.0. The van der Waals surface area contributed by atoms with Gasteiger partial charge in [-0.15, -0.1) is 0 Å². The minimum atomic E-state index is -0.525. The summed E-state index contributed by atoms with van der Waals surface area (Å²) in [5.41, 5.74) is 1.92. The van der Waals surface area contributed by atoms with Crippen molar-refractivity contribution in [3.05, 3.63) is 66.0 Å².